The number of amides is 1. The van der Waals surface area contributed by atoms with Crippen molar-refractivity contribution >= 4 is 28.2 Å². The normalized spacial score (nSPS) is 17.9. The van der Waals surface area contributed by atoms with E-state index in [2.05, 4.69) is 26.5 Å². The lowest BCUT2D eigenvalue weighted by atomic mass is 9.94. The zero-order valence-electron chi connectivity index (χ0n) is 17.1. The molecule has 2 N–H and O–H groups in total. The Balaban J connectivity index is 1.71. The number of pyridine rings is 2. The Hall–Kier alpha value is -3.86. The molecule has 0 bridgehead atoms. The molecule has 0 saturated heterocycles. The van der Waals surface area contributed by atoms with Gasteiger partial charge in [0.05, 0.1) is 23.2 Å². The SMILES string of the molecule is CCC(=NO)c1cc(C)c(-c2cc3cnc(NC(=O)[C@@H]4C[C@@H]4F)cc3cc2C#N)cn1. The Labute approximate surface area is 178 Å². The molecule has 1 aliphatic rings. The number of oxime groups is 1. The third-order valence-corrected chi connectivity index (χ3v) is 5.43. The van der Waals surface area contributed by atoms with Crippen molar-refractivity contribution < 1.29 is 14.4 Å². The zero-order valence-corrected chi connectivity index (χ0v) is 17.1. The highest BCUT2D eigenvalue weighted by Crippen LogP contribution is 2.35. The second-order valence-corrected chi connectivity index (χ2v) is 7.56. The maximum atomic E-state index is 13.1. The van der Waals surface area contributed by atoms with E-state index in [9.17, 15) is 14.4 Å². The van der Waals surface area contributed by atoms with E-state index in [1.54, 1.807) is 24.5 Å². The zero-order chi connectivity index (χ0) is 22.1. The first-order chi connectivity index (χ1) is 14.9. The minimum absolute atomic E-state index is 0.247. The average Bonchev–Trinajstić information content (AvgIpc) is 3.50. The fourth-order valence-electron chi connectivity index (χ4n) is 3.53. The van der Waals surface area contributed by atoms with Crippen molar-refractivity contribution in [2.75, 3.05) is 5.32 Å². The van der Waals surface area contributed by atoms with Crippen LogP contribution in [0.4, 0.5) is 10.2 Å². The summed E-state index contributed by atoms with van der Waals surface area (Å²) in [6.45, 7) is 3.78. The van der Waals surface area contributed by atoms with Crippen LogP contribution in [0.5, 0.6) is 0 Å². The van der Waals surface area contributed by atoms with Crippen LogP contribution in [0.25, 0.3) is 21.9 Å². The number of aromatic nitrogens is 2. The van der Waals surface area contributed by atoms with E-state index in [-0.39, 0.29) is 12.3 Å². The van der Waals surface area contributed by atoms with E-state index in [0.29, 0.717) is 34.8 Å². The highest BCUT2D eigenvalue weighted by molar-refractivity contribution is 5.99. The van der Waals surface area contributed by atoms with Crippen LogP contribution >= 0.6 is 0 Å². The van der Waals surface area contributed by atoms with E-state index in [0.717, 1.165) is 21.9 Å². The van der Waals surface area contributed by atoms with Gasteiger partial charge in [0.25, 0.3) is 0 Å². The number of nitrogens with one attached hydrogen (secondary N) is 1. The lowest BCUT2D eigenvalue weighted by Crippen LogP contribution is -2.15. The standard InChI is InChI=1S/C23H20FN5O2/c1-3-20(29-31)21-4-12(2)18(11-26-21)16-6-15-10-27-22(7-13(15)5-14(16)9-25)28-23(30)17-8-19(17)24/h4-7,10-11,17,19,31H,3,8H2,1-2H3,(H,27,28,30)/t17-,19+/m1/s1. The molecule has 0 aliphatic heterocycles. The number of fused-ring (bicyclic) bond motifs is 1. The molecule has 1 fully saturated rings. The van der Waals surface area contributed by atoms with Gasteiger partial charge >= 0.3 is 0 Å². The fraction of sp³-hybridized carbons (Fsp3) is 0.261. The Morgan fingerprint density at radius 2 is 2.03 bits per heavy atom. The largest absolute Gasteiger partial charge is 0.411 e. The molecular weight excluding hydrogens is 397 g/mol. The molecule has 0 spiro atoms. The monoisotopic (exact) mass is 417 g/mol. The van der Waals surface area contributed by atoms with Crippen LogP contribution in [0.3, 0.4) is 0 Å². The fourth-order valence-corrected chi connectivity index (χ4v) is 3.53. The molecular formula is C23H20FN5O2. The maximum Gasteiger partial charge on any atom is 0.231 e. The van der Waals surface area contributed by atoms with Crippen molar-refractivity contribution in [1.29, 1.82) is 5.26 Å². The summed E-state index contributed by atoms with van der Waals surface area (Å²) in [4.78, 5) is 20.6. The first-order valence-electron chi connectivity index (χ1n) is 9.92. The molecule has 3 aromatic rings. The molecule has 4 rings (SSSR count). The van der Waals surface area contributed by atoms with Crippen LogP contribution in [-0.4, -0.2) is 33.0 Å². The highest BCUT2D eigenvalue weighted by atomic mass is 19.1. The Bertz CT molecular complexity index is 1260. The van der Waals surface area contributed by atoms with Crippen molar-refractivity contribution in [3.05, 3.63) is 53.5 Å². The summed E-state index contributed by atoms with van der Waals surface area (Å²) >= 11 is 0. The van der Waals surface area contributed by atoms with E-state index in [1.807, 2.05) is 26.0 Å². The molecule has 0 radical (unpaired) electrons. The minimum Gasteiger partial charge on any atom is -0.411 e. The summed E-state index contributed by atoms with van der Waals surface area (Å²) in [7, 11) is 0. The third kappa shape index (κ3) is 3.94. The Morgan fingerprint density at radius 3 is 2.65 bits per heavy atom. The van der Waals surface area contributed by atoms with Gasteiger partial charge in [0.1, 0.15) is 17.7 Å². The number of halogens is 1. The molecule has 2 heterocycles. The molecule has 31 heavy (non-hydrogen) atoms. The second-order valence-electron chi connectivity index (χ2n) is 7.56. The van der Waals surface area contributed by atoms with Gasteiger partial charge in [-0.25, -0.2) is 9.37 Å². The smallest absolute Gasteiger partial charge is 0.231 e. The predicted octanol–water partition coefficient (Wildman–Crippen LogP) is 4.36. The van der Waals surface area contributed by atoms with Gasteiger partial charge in [-0.15, -0.1) is 0 Å². The summed E-state index contributed by atoms with van der Waals surface area (Å²) in [6, 6.07) is 9.31. The summed E-state index contributed by atoms with van der Waals surface area (Å²) in [6.07, 6.45) is 2.99. The van der Waals surface area contributed by atoms with Gasteiger partial charge in [-0.1, -0.05) is 12.1 Å². The summed E-state index contributed by atoms with van der Waals surface area (Å²) in [5.74, 6) is -0.654. The van der Waals surface area contributed by atoms with Crippen LogP contribution in [0.1, 0.15) is 36.6 Å². The number of aryl methyl sites for hydroxylation is 1. The van der Waals surface area contributed by atoms with Gasteiger partial charge in [0.2, 0.25) is 5.91 Å². The van der Waals surface area contributed by atoms with Crippen molar-refractivity contribution in [2.45, 2.75) is 32.9 Å². The molecule has 1 aromatic carbocycles. The number of alkyl halides is 1. The van der Waals surface area contributed by atoms with E-state index in [1.165, 1.54) is 0 Å². The third-order valence-electron chi connectivity index (χ3n) is 5.43. The van der Waals surface area contributed by atoms with Crippen LogP contribution < -0.4 is 5.32 Å². The van der Waals surface area contributed by atoms with Crippen LogP contribution in [0, 0.1) is 24.2 Å². The second kappa shape index (κ2) is 8.11. The van der Waals surface area contributed by atoms with Crippen LogP contribution in [-0.2, 0) is 4.79 Å². The lowest BCUT2D eigenvalue weighted by molar-refractivity contribution is -0.117. The molecule has 0 unspecified atom stereocenters. The van der Waals surface area contributed by atoms with Gasteiger partial charge in [-0.2, -0.15) is 5.26 Å². The van der Waals surface area contributed by atoms with Crippen molar-refractivity contribution in [3.63, 3.8) is 0 Å². The number of carbonyl (C=O) groups excluding carboxylic acids is 1. The van der Waals surface area contributed by atoms with Crippen LogP contribution in [0.2, 0.25) is 0 Å². The number of anilines is 1. The summed E-state index contributed by atoms with van der Waals surface area (Å²) < 4.78 is 13.1. The number of rotatable bonds is 5. The lowest BCUT2D eigenvalue weighted by Gasteiger charge is -2.12. The highest BCUT2D eigenvalue weighted by Gasteiger charge is 2.43. The number of nitrogens with zero attached hydrogens (tertiary/aromatic N) is 4. The van der Waals surface area contributed by atoms with Gasteiger partial charge in [0, 0.05) is 28.9 Å². The molecule has 1 amide bonds. The first kappa shape index (κ1) is 20.4. The molecule has 1 aliphatic carbocycles. The number of hydrogen-bond acceptors (Lipinski definition) is 6. The first-order valence-corrected chi connectivity index (χ1v) is 9.92. The number of carbonyl (C=O) groups is 1. The molecule has 1 saturated carbocycles. The molecule has 156 valence electrons. The van der Waals surface area contributed by atoms with Gasteiger partial charge in [0.15, 0.2) is 0 Å². The Kier molecular flexibility index (Phi) is 5.34. The van der Waals surface area contributed by atoms with Crippen molar-refractivity contribution in [2.24, 2.45) is 11.1 Å². The van der Waals surface area contributed by atoms with E-state index >= 15 is 0 Å². The van der Waals surface area contributed by atoms with E-state index in [4.69, 9.17) is 5.21 Å². The van der Waals surface area contributed by atoms with Crippen LogP contribution in [0.15, 0.2) is 41.8 Å². The summed E-state index contributed by atoms with van der Waals surface area (Å²) in [5.41, 5.74) is 3.90. The van der Waals surface area contributed by atoms with Gasteiger partial charge in [-0.05, 0) is 55.0 Å². The number of nitriles is 1. The summed E-state index contributed by atoms with van der Waals surface area (Å²) in [5, 5.41) is 26.3. The number of hydrogen-bond donors (Lipinski definition) is 2. The molecule has 7 nitrogen and oxygen atoms in total. The minimum atomic E-state index is -1.08. The Morgan fingerprint density at radius 1 is 1.26 bits per heavy atom. The topological polar surface area (TPSA) is 111 Å². The predicted molar refractivity (Wildman–Crippen MR) is 115 cm³/mol. The average molecular weight is 417 g/mol. The van der Waals surface area contributed by atoms with Crippen molar-refractivity contribution in [1.82, 2.24) is 9.97 Å². The molecule has 8 heteroatoms. The molecule has 2 atom stereocenters. The quantitative estimate of drug-likeness (QED) is 0.364. The van der Waals surface area contributed by atoms with Crippen molar-refractivity contribution in [3.8, 4) is 17.2 Å². The van der Waals surface area contributed by atoms with Gasteiger partial charge < -0.3 is 10.5 Å². The maximum absolute atomic E-state index is 13.1. The van der Waals surface area contributed by atoms with E-state index < -0.39 is 12.1 Å². The van der Waals surface area contributed by atoms with Gasteiger partial charge in [-0.3, -0.25) is 9.78 Å². The molecule has 2 aromatic heterocycles. The number of benzene rings is 1.